The van der Waals surface area contributed by atoms with Gasteiger partial charge in [0.2, 0.25) is 0 Å². The lowest BCUT2D eigenvalue weighted by Gasteiger charge is -2.25. The van der Waals surface area contributed by atoms with Crippen LogP contribution >= 0.6 is 11.6 Å². The van der Waals surface area contributed by atoms with Crippen LogP contribution in [0, 0.1) is 6.92 Å². The van der Waals surface area contributed by atoms with Crippen LogP contribution in [0.2, 0.25) is 5.02 Å². The van der Waals surface area contributed by atoms with Crippen molar-refractivity contribution in [2.24, 2.45) is 0 Å². The predicted molar refractivity (Wildman–Crippen MR) is 108 cm³/mol. The van der Waals surface area contributed by atoms with E-state index in [1.165, 1.54) is 0 Å². The first-order chi connectivity index (χ1) is 14.1. The lowest BCUT2D eigenvalue weighted by molar-refractivity contribution is 0.0679. The smallest absolute Gasteiger partial charge is 0.287 e. The molecular formula is C21H22ClN5O2. The summed E-state index contributed by atoms with van der Waals surface area (Å²) in [7, 11) is 0. The summed E-state index contributed by atoms with van der Waals surface area (Å²) >= 11 is 6.44. The number of para-hydroxylation sites is 1. The second-order valence-corrected chi connectivity index (χ2v) is 7.99. The van der Waals surface area contributed by atoms with Crippen molar-refractivity contribution >= 4 is 17.5 Å². The van der Waals surface area contributed by atoms with Crippen LogP contribution < -0.4 is 5.32 Å². The number of nitrogens with zero attached hydrogens (tertiary/aromatic N) is 4. The number of hydrogen-bond donors (Lipinski definition) is 1. The number of fused-ring (bicyclic) bond motifs is 2. The number of carbonyl (C=O) groups is 1. The average molecular weight is 412 g/mol. The SMILES string of the molecule is Cc1cccc(Cl)c1-n1ncc2c1COC[C@H]2NC(=O)c1ncc2n1CCCC2. The van der Waals surface area contributed by atoms with Gasteiger partial charge in [-0.05, 0) is 37.8 Å². The Balaban J connectivity index is 1.44. The summed E-state index contributed by atoms with van der Waals surface area (Å²) in [5, 5.41) is 8.28. The fourth-order valence-corrected chi connectivity index (χ4v) is 4.53. The molecule has 5 rings (SSSR count). The van der Waals surface area contributed by atoms with Gasteiger partial charge in [-0.25, -0.2) is 9.67 Å². The normalized spacial score (nSPS) is 18.2. The van der Waals surface area contributed by atoms with Gasteiger partial charge in [0.25, 0.3) is 5.91 Å². The van der Waals surface area contributed by atoms with E-state index in [-0.39, 0.29) is 11.9 Å². The van der Waals surface area contributed by atoms with Gasteiger partial charge in [-0.3, -0.25) is 4.79 Å². The van der Waals surface area contributed by atoms with Crippen LogP contribution in [0.1, 0.15) is 52.0 Å². The Hall–Kier alpha value is -2.64. The van der Waals surface area contributed by atoms with Crippen molar-refractivity contribution in [1.29, 1.82) is 0 Å². The summed E-state index contributed by atoms with van der Waals surface area (Å²) in [6, 6.07) is 5.49. The van der Waals surface area contributed by atoms with Gasteiger partial charge in [-0.1, -0.05) is 23.7 Å². The van der Waals surface area contributed by atoms with Crippen LogP contribution in [-0.4, -0.2) is 31.8 Å². The van der Waals surface area contributed by atoms with Crippen LogP contribution in [0.4, 0.5) is 0 Å². The fraction of sp³-hybridized carbons (Fsp3) is 0.381. The van der Waals surface area contributed by atoms with Gasteiger partial charge in [-0.15, -0.1) is 0 Å². The van der Waals surface area contributed by atoms with Crippen molar-refractivity contribution in [2.75, 3.05) is 6.61 Å². The monoisotopic (exact) mass is 411 g/mol. The largest absolute Gasteiger partial charge is 0.373 e. The molecule has 0 spiro atoms. The summed E-state index contributed by atoms with van der Waals surface area (Å²) < 4.78 is 9.64. The lowest BCUT2D eigenvalue weighted by atomic mass is 10.1. The highest BCUT2D eigenvalue weighted by molar-refractivity contribution is 6.32. The molecular weight excluding hydrogens is 390 g/mol. The van der Waals surface area contributed by atoms with Crippen LogP contribution in [0.3, 0.4) is 0 Å². The number of rotatable bonds is 3. The van der Waals surface area contributed by atoms with Gasteiger partial charge in [-0.2, -0.15) is 5.10 Å². The quantitative estimate of drug-likeness (QED) is 0.717. The zero-order valence-electron chi connectivity index (χ0n) is 16.2. The van der Waals surface area contributed by atoms with Gasteiger partial charge < -0.3 is 14.6 Å². The van der Waals surface area contributed by atoms with E-state index in [4.69, 9.17) is 16.3 Å². The molecule has 0 aliphatic carbocycles. The number of aryl methyl sites for hydroxylation is 2. The average Bonchev–Trinajstić information content (AvgIpc) is 3.33. The molecule has 0 saturated carbocycles. The minimum absolute atomic E-state index is 0.179. The Morgan fingerprint density at radius 3 is 3.07 bits per heavy atom. The van der Waals surface area contributed by atoms with Crippen molar-refractivity contribution < 1.29 is 9.53 Å². The van der Waals surface area contributed by atoms with E-state index in [2.05, 4.69) is 15.4 Å². The first-order valence-corrected chi connectivity index (χ1v) is 10.3. The number of carbonyl (C=O) groups excluding carboxylic acids is 1. The third-order valence-electron chi connectivity index (χ3n) is 5.71. The number of ether oxygens (including phenoxy) is 1. The Labute approximate surface area is 173 Å². The van der Waals surface area contributed by atoms with E-state index in [1.54, 1.807) is 6.20 Å². The van der Waals surface area contributed by atoms with Gasteiger partial charge in [0.1, 0.15) is 0 Å². The Morgan fingerprint density at radius 1 is 1.31 bits per heavy atom. The predicted octanol–water partition coefficient (Wildman–Crippen LogP) is 3.37. The first kappa shape index (κ1) is 18.4. The topological polar surface area (TPSA) is 74.0 Å². The second kappa shape index (κ2) is 7.31. The number of amides is 1. The molecule has 1 amide bonds. The molecule has 0 radical (unpaired) electrons. The van der Waals surface area contributed by atoms with E-state index >= 15 is 0 Å². The first-order valence-electron chi connectivity index (χ1n) is 9.89. The summed E-state index contributed by atoms with van der Waals surface area (Å²) in [6.07, 6.45) is 6.81. The number of halogens is 1. The second-order valence-electron chi connectivity index (χ2n) is 7.59. The lowest BCUT2D eigenvalue weighted by Crippen LogP contribution is -2.36. The maximum Gasteiger partial charge on any atom is 0.287 e. The number of nitrogens with one attached hydrogen (secondary N) is 1. The highest BCUT2D eigenvalue weighted by atomic mass is 35.5. The number of hydrogen-bond acceptors (Lipinski definition) is 4. The molecule has 2 aliphatic rings. The molecule has 0 fully saturated rings. The third kappa shape index (κ3) is 3.14. The molecule has 7 nitrogen and oxygen atoms in total. The number of benzene rings is 1. The highest BCUT2D eigenvalue weighted by Crippen LogP contribution is 2.31. The molecule has 1 N–H and O–H groups in total. The van der Waals surface area contributed by atoms with Crippen LogP contribution in [0.15, 0.2) is 30.6 Å². The Bertz CT molecular complexity index is 1070. The van der Waals surface area contributed by atoms with Gasteiger partial charge in [0.05, 0.1) is 41.9 Å². The Kier molecular flexibility index (Phi) is 4.64. The van der Waals surface area contributed by atoms with Crippen LogP contribution in [0.25, 0.3) is 5.69 Å². The molecule has 0 saturated heterocycles. The van der Waals surface area contributed by atoms with Crippen molar-refractivity contribution in [2.45, 2.75) is 45.4 Å². The summed E-state index contributed by atoms with van der Waals surface area (Å²) in [4.78, 5) is 17.3. The van der Waals surface area contributed by atoms with E-state index in [9.17, 15) is 4.79 Å². The summed E-state index contributed by atoms with van der Waals surface area (Å²) in [6.45, 7) is 3.67. The molecule has 4 heterocycles. The minimum atomic E-state index is -0.278. The molecule has 1 aromatic carbocycles. The van der Waals surface area contributed by atoms with Crippen molar-refractivity contribution in [3.8, 4) is 5.69 Å². The number of imidazole rings is 1. The van der Waals surface area contributed by atoms with Crippen molar-refractivity contribution in [3.05, 3.63) is 64.0 Å². The third-order valence-corrected chi connectivity index (χ3v) is 6.02. The molecule has 0 bridgehead atoms. The van der Waals surface area contributed by atoms with E-state index < -0.39 is 0 Å². The maximum atomic E-state index is 12.9. The van der Waals surface area contributed by atoms with E-state index in [0.29, 0.717) is 24.1 Å². The van der Waals surface area contributed by atoms with E-state index in [1.807, 2.05) is 40.6 Å². The van der Waals surface area contributed by atoms with Gasteiger partial charge in [0.15, 0.2) is 5.82 Å². The van der Waals surface area contributed by atoms with Crippen molar-refractivity contribution in [3.63, 3.8) is 0 Å². The standard InChI is InChI=1S/C21H22ClN5O2/c1-13-5-4-7-16(22)19(13)27-18-12-29-11-17(15(18)10-24-27)25-21(28)20-23-9-14-6-2-3-8-26(14)20/h4-5,7,9-10,17H,2-3,6,8,11-12H2,1H3,(H,25,28)/t17-/m1/s1. The Morgan fingerprint density at radius 2 is 2.21 bits per heavy atom. The highest BCUT2D eigenvalue weighted by Gasteiger charge is 2.29. The van der Waals surface area contributed by atoms with Crippen LogP contribution in [-0.2, 0) is 24.3 Å². The molecule has 2 aliphatic heterocycles. The zero-order valence-corrected chi connectivity index (χ0v) is 16.9. The van der Waals surface area contributed by atoms with Crippen LogP contribution in [0.5, 0.6) is 0 Å². The van der Waals surface area contributed by atoms with Gasteiger partial charge >= 0.3 is 0 Å². The molecule has 0 unspecified atom stereocenters. The molecule has 3 aromatic rings. The fourth-order valence-electron chi connectivity index (χ4n) is 4.23. The zero-order chi connectivity index (χ0) is 20.0. The van der Waals surface area contributed by atoms with Gasteiger partial charge in [0, 0.05) is 24.0 Å². The molecule has 8 heteroatoms. The molecule has 1 atom stereocenters. The van der Waals surface area contributed by atoms with Crippen molar-refractivity contribution in [1.82, 2.24) is 24.6 Å². The summed E-state index contributed by atoms with van der Waals surface area (Å²) in [5.41, 5.74) is 4.85. The summed E-state index contributed by atoms with van der Waals surface area (Å²) in [5.74, 6) is 0.294. The van der Waals surface area contributed by atoms with E-state index in [0.717, 1.165) is 54.0 Å². The number of aromatic nitrogens is 4. The maximum absolute atomic E-state index is 12.9. The molecule has 150 valence electrons. The molecule has 2 aromatic heterocycles. The minimum Gasteiger partial charge on any atom is -0.373 e. The molecule has 29 heavy (non-hydrogen) atoms.